The summed E-state index contributed by atoms with van der Waals surface area (Å²) in [7, 11) is 0. The van der Waals surface area contributed by atoms with Crippen molar-refractivity contribution < 1.29 is 19.0 Å². The van der Waals surface area contributed by atoms with E-state index in [-0.39, 0.29) is 12.2 Å². The molecule has 29 heavy (non-hydrogen) atoms. The highest BCUT2D eigenvalue weighted by Gasteiger charge is 2.25. The summed E-state index contributed by atoms with van der Waals surface area (Å²) in [6.07, 6.45) is 2.74. The van der Waals surface area contributed by atoms with Crippen LogP contribution in [0, 0.1) is 12.7 Å². The number of aryl methyl sites for hydroxylation is 1. The molecule has 1 saturated heterocycles. The van der Waals surface area contributed by atoms with Gasteiger partial charge >= 0.3 is 5.97 Å². The second kappa shape index (κ2) is 7.93. The van der Waals surface area contributed by atoms with Crippen LogP contribution in [0.15, 0.2) is 48.5 Å². The fourth-order valence-corrected chi connectivity index (χ4v) is 3.81. The van der Waals surface area contributed by atoms with Crippen LogP contribution in [0.5, 0.6) is 0 Å². The van der Waals surface area contributed by atoms with Gasteiger partial charge in [-0.2, -0.15) is 0 Å². The molecule has 0 spiro atoms. The number of benzene rings is 2. The number of ether oxygens (including phenoxy) is 1. The first kappa shape index (κ1) is 19.6. The molecule has 4 nitrogen and oxygen atoms in total. The van der Waals surface area contributed by atoms with Gasteiger partial charge in [0.15, 0.2) is 0 Å². The minimum absolute atomic E-state index is 0.0141. The molecule has 1 aliphatic rings. The molecule has 0 radical (unpaired) electrons. The number of hydrogen-bond donors (Lipinski definition) is 1. The van der Waals surface area contributed by atoms with Crippen LogP contribution in [0.2, 0.25) is 5.02 Å². The molecule has 2 aromatic carbocycles. The van der Waals surface area contributed by atoms with Crippen LogP contribution in [-0.2, 0) is 9.53 Å². The van der Waals surface area contributed by atoms with Gasteiger partial charge in [0.25, 0.3) is 0 Å². The second-order valence-electron chi connectivity index (χ2n) is 7.14. The van der Waals surface area contributed by atoms with Crippen LogP contribution < -0.4 is 0 Å². The first-order chi connectivity index (χ1) is 13.9. The largest absolute Gasteiger partial charge is 0.458 e. The number of aromatic nitrogens is 1. The summed E-state index contributed by atoms with van der Waals surface area (Å²) in [5.41, 5.74) is 4.07. The van der Waals surface area contributed by atoms with Crippen LogP contribution >= 0.6 is 11.6 Å². The van der Waals surface area contributed by atoms with E-state index in [2.05, 4.69) is 4.98 Å². The van der Waals surface area contributed by atoms with Crippen LogP contribution in [0.4, 0.5) is 4.39 Å². The van der Waals surface area contributed by atoms with Gasteiger partial charge in [0, 0.05) is 33.7 Å². The Balaban J connectivity index is 1.87. The Kier molecular flexibility index (Phi) is 5.35. The summed E-state index contributed by atoms with van der Waals surface area (Å²) in [5.74, 6) is -0.737. The monoisotopic (exact) mass is 411 g/mol. The number of cyclic esters (lactones) is 1. The molecule has 1 fully saturated rings. The summed E-state index contributed by atoms with van der Waals surface area (Å²) in [4.78, 5) is 16.3. The van der Waals surface area contributed by atoms with Gasteiger partial charge in [-0.05, 0) is 48.9 Å². The van der Waals surface area contributed by atoms with Gasteiger partial charge in [-0.15, -0.1) is 0 Å². The molecule has 1 N–H and O–H groups in total. The SMILES string of the molecule is Cc1nc2ccc(Cl)cc2c(-c2ccc(F)cc2)c1/C=C/[C@@H]1C[C@@H](O)CC(=O)O1. The number of fused-ring (bicyclic) bond motifs is 1. The van der Waals surface area contributed by atoms with Crippen molar-refractivity contribution in [3.05, 3.63) is 70.6 Å². The molecule has 3 aromatic rings. The number of aliphatic hydroxyl groups excluding tert-OH is 1. The van der Waals surface area contributed by atoms with E-state index < -0.39 is 18.2 Å². The maximum atomic E-state index is 13.5. The minimum Gasteiger partial charge on any atom is -0.458 e. The number of halogens is 2. The molecule has 0 saturated carbocycles. The van der Waals surface area contributed by atoms with Gasteiger partial charge in [0.1, 0.15) is 11.9 Å². The lowest BCUT2D eigenvalue weighted by Crippen LogP contribution is -2.31. The molecule has 148 valence electrons. The number of carbonyl (C=O) groups excluding carboxylic acids is 1. The Hall–Kier alpha value is -2.76. The third kappa shape index (κ3) is 4.16. The highest BCUT2D eigenvalue weighted by atomic mass is 35.5. The molecule has 2 heterocycles. The predicted octanol–water partition coefficient (Wildman–Crippen LogP) is 5.08. The van der Waals surface area contributed by atoms with E-state index in [9.17, 15) is 14.3 Å². The van der Waals surface area contributed by atoms with Crippen LogP contribution in [-0.4, -0.2) is 28.3 Å². The fraction of sp³-hybridized carbons (Fsp3) is 0.217. The summed E-state index contributed by atoms with van der Waals surface area (Å²) in [5, 5.41) is 11.3. The number of nitrogens with zero attached hydrogens (tertiary/aromatic N) is 1. The maximum Gasteiger partial charge on any atom is 0.309 e. The average Bonchev–Trinajstić information content (AvgIpc) is 2.66. The molecule has 0 aliphatic carbocycles. The fourth-order valence-electron chi connectivity index (χ4n) is 3.63. The lowest BCUT2D eigenvalue weighted by molar-refractivity contribution is -0.156. The van der Waals surface area contributed by atoms with Gasteiger partial charge in [0.05, 0.1) is 18.0 Å². The van der Waals surface area contributed by atoms with E-state index in [1.54, 1.807) is 24.3 Å². The third-order valence-electron chi connectivity index (χ3n) is 4.98. The summed E-state index contributed by atoms with van der Waals surface area (Å²) in [6.45, 7) is 1.89. The maximum absolute atomic E-state index is 13.5. The molecule has 1 aliphatic heterocycles. The zero-order valence-corrected chi connectivity index (χ0v) is 16.5. The lowest BCUT2D eigenvalue weighted by Gasteiger charge is -2.23. The number of rotatable bonds is 3. The summed E-state index contributed by atoms with van der Waals surface area (Å²) >= 11 is 6.24. The van der Waals surface area contributed by atoms with Crippen molar-refractivity contribution in [2.75, 3.05) is 0 Å². The standard InChI is InChI=1S/C23H19ClFNO3/c1-13-19(8-7-18-11-17(27)12-22(28)29-18)23(14-2-5-16(25)6-3-14)20-10-15(24)4-9-21(20)26-13/h2-10,17-18,27H,11-12H2,1H3/b8-7+/t17-,18-/m1/s1. The zero-order chi connectivity index (χ0) is 20.5. The Labute approximate surface area is 172 Å². The first-order valence-corrected chi connectivity index (χ1v) is 9.70. The van der Waals surface area contributed by atoms with Gasteiger partial charge in [0.2, 0.25) is 0 Å². The molecule has 0 unspecified atom stereocenters. The van der Waals surface area contributed by atoms with Crippen LogP contribution in [0.25, 0.3) is 28.1 Å². The Morgan fingerprint density at radius 1 is 1.24 bits per heavy atom. The van der Waals surface area contributed by atoms with E-state index in [1.165, 1.54) is 12.1 Å². The number of aliphatic hydroxyl groups is 1. The van der Waals surface area contributed by atoms with E-state index >= 15 is 0 Å². The quantitative estimate of drug-likeness (QED) is 0.610. The topological polar surface area (TPSA) is 59.4 Å². The number of pyridine rings is 1. The van der Waals surface area contributed by atoms with Crippen molar-refractivity contribution in [1.29, 1.82) is 0 Å². The number of esters is 1. The molecular weight excluding hydrogens is 393 g/mol. The van der Waals surface area contributed by atoms with E-state index in [1.807, 2.05) is 25.1 Å². The molecule has 0 amide bonds. The van der Waals surface area contributed by atoms with E-state index in [4.69, 9.17) is 16.3 Å². The molecule has 4 rings (SSSR count). The van der Waals surface area contributed by atoms with Crippen molar-refractivity contribution >= 4 is 34.5 Å². The van der Waals surface area contributed by atoms with Gasteiger partial charge in [-0.1, -0.05) is 29.8 Å². The normalized spacial score (nSPS) is 19.7. The van der Waals surface area contributed by atoms with Crippen LogP contribution in [0.1, 0.15) is 24.1 Å². The molecule has 6 heteroatoms. The predicted molar refractivity (Wildman–Crippen MR) is 111 cm³/mol. The summed E-state index contributed by atoms with van der Waals surface area (Å²) in [6, 6.07) is 11.7. The molecule has 0 bridgehead atoms. The molecule has 1 aromatic heterocycles. The number of hydrogen-bond acceptors (Lipinski definition) is 4. The average molecular weight is 412 g/mol. The van der Waals surface area contributed by atoms with E-state index in [0.717, 1.165) is 33.3 Å². The summed E-state index contributed by atoms with van der Waals surface area (Å²) < 4.78 is 18.8. The lowest BCUT2D eigenvalue weighted by atomic mass is 9.93. The number of carbonyl (C=O) groups is 1. The Morgan fingerprint density at radius 3 is 2.72 bits per heavy atom. The second-order valence-corrected chi connectivity index (χ2v) is 7.57. The van der Waals surface area contributed by atoms with Crippen molar-refractivity contribution in [3.63, 3.8) is 0 Å². The zero-order valence-electron chi connectivity index (χ0n) is 15.7. The minimum atomic E-state index is -0.711. The van der Waals surface area contributed by atoms with Crippen molar-refractivity contribution in [3.8, 4) is 11.1 Å². The Bertz CT molecular complexity index is 1110. The molecular formula is C23H19ClFNO3. The Morgan fingerprint density at radius 2 is 2.00 bits per heavy atom. The highest BCUT2D eigenvalue weighted by Crippen LogP contribution is 2.35. The third-order valence-corrected chi connectivity index (χ3v) is 5.21. The smallest absolute Gasteiger partial charge is 0.309 e. The first-order valence-electron chi connectivity index (χ1n) is 9.32. The van der Waals surface area contributed by atoms with Gasteiger partial charge in [-0.25, -0.2) is 4.39 Å². The van der Waals surface area contributed by atoms with Crippen molar-refractivity contribution in [1.82, 2.24) is 4.98 Å². The highest BCUT2D eigenvalue weighted by molar-refractivity contribution is 6.31. The van der Waals surface area contributed by atoms with Crippen molar-refractivity contribution in [2.24, 2.45) is 0 Å². The van der Waals surface area contributed by atoms with Gasteiger partial charge in [-0.3, -0.25) is 9.78 Å². The molecule has 2 atom stereocenters. The van der Waals surface area contributed by atoms with Crippen molar-refractivity contribution in [2.45, 2.75) is 32.0 Å². The van der Waals surface area contributed by atoms with Gasteiger partial charge < -0.3 is 9.84 Å². The van der Waals surface area contributed by atoms with Crippen LogP contribution in [0.3, 0.4) is 0 Å². The van der Waals surface area contributed by atoms with E-state index in [0.29, 0.717) is 11.4 Å².